The van der Waals surface area contributed by atoms with E-state index >= 15 is 0 Å². The van der Waals surface area contributed by atoms with Crippen LogP contribution < -0.4 is 10.1 Å². The SMILES string of the molecule is COc1ccccc1C1NC(=O)c2[nH]nc(-c3ccc(C)cc3)c21. The topological polar surface area (TPSA) is 67.0 Å². The molecule has 5 nitrogen and oxygen atoms in total. The summed E-state index contributed by atoms with van der Waals surface area (Å²) in [7, 11) is 1.63. The predicted octanol–water partition coefficient (Wildman–Crippen LogP) is 3.23. The zero-order chi connectivity index (χ0) is 16.7. The normalized spacial score (nSPS) is 15.9. The van der Waals surface area contributed by atoms with Crippen molar-refractivity contribution in [3.63, 3.8) is 0 Å². The highest BCUT2D eigenvalue weighted by Gasteiger charge is 2.36. The number of para-hydroxylation sites is 1. The quantitative estimate of drug-likeness (QED) is 0.779. The number of ether oxygens (including phenoxy) is 1. The number of H-pyrrole nitrogens is 1. The molecule has 2 aromatic carbocycles. The fourth-order valence-electron chi connectivity index (χ4n) is 3.15. The molecule has 0 saturated heterocycles. The average molecular weight is 319 g/mol. The maximum Gasteiger partial charge on any atom is 0.270 e. The molecule has 3 aromatic rings. The van der Waals surface area contributed by atoms with Gasteiger partial charge >= 0.3 is 0 Å². The lowest BCUT2D eigenvalue weighted by atomic mass is 9.96. The first-order valence-electron chi connectivity index (χ1n) is 7.78. The lowest BCUT2D eigenvalue weighted by molar-refractivity contribution is 0.0955. The molecular weight excluding hydrogens is 302 g/mol. The minimum Gasteiger partial charge on any atom is -0.496 e. The van der Waals surface area contributed by atoms with E-state index in [4.69, 9.17) is 4.74 Å². The lowest BCUT2D eigenvalue weighted by Gasteiger charge is -2.16. The van der Waals surface area contributed by atoms with E-state index in [2.05, 4.69) is 15.5 Å². The van der Waals surface area contributed by atoms with Crippen LogP contribution in [-0.2, 0) is 0 Å². The maximum atomic E-state index is 12.3. The molecule has 1 unspecified atom stereocenters. The van der Waals surface area contributed by atoms with E-state index in [0.29, 0.717) is 5.69 Å². The molecule has 0 fully saturated rings. The van der Waals surface area contributed by atoms with Gasteiger partial charge in [-0.1, -0.05) is 48.0 Å². The minimum atomic E-state index is -0.279. The van der Waals surface area contributed by atoms with Gasteiger partial charge in [-0.15, -0.1) is 0 Å². The molecule has 1 amide bonds. The Labute approximate surface area is 139 Å². The smallest absolute Gasteiger partial charge is 0.270 e. The highest BCUT2D eigenvalue weighted by Crippen LogP contribution is 2.39. The fraction of sp³-hybridized carbons (Fsp3) is 0.158. The first kappa shape index (κ1) is 14.5. The van der Waals surface area contributed by atoms with Crippen molar-refractivity contribution in [2.75, 3.05) is 7.11 Å². The van der Waals surface area contributed by atoms with Crippen molar-refractivity contribution in [3.05, 3.63) is 70.9 Å². The molecular formula is C19H17N3O2. The number of carbonyl (C=O) groups is 1. The Morgan fingerprint density at radius 3 is 2.58 bits per heavy atom. The number of aryl methyl sites for hydroxylation is 1. The molecule has 24 heavy (non-hydrogen) atoms. The number of amides is 1. The van der Waals surface area contributed by atoms with Crippen molar-refractivity contribution in [1.29, 1.82) is 0 Å². The summed E-state index contributed by atoms with van der Waals surface area (Å²) in [4.78, 5) is 12.3. The van der Waals surface area contributed by atoms with Crippen LogP contribution in [0.1, 0.15) is 33.2 Å². The van der Waals surface area contributed by atoms with E-state index < -0.39 is 0 Å². The number of hydrogen-bond acceptors (Lipinski definition) is 3. The van der Waals surface area contributed by atoms with Crippen molar-refractivity contribution in [2.45, 2.75) is 13.0 Å². The number of aromatic amines is 1. The molecule has 2 N–H and O–H groups in total. The van der Waals surface area contributed by atoms with E-state index in [1.807, 2.05) is 55.5 Å². The minimum absolute atomic E-state index is 0.147. The Bertz CT molecular complexity index is 913. The Hall–Kier alpha value is -3.08. The summed E-state index contributed by atoms with van der Waals surface area (Å²) in [6.45, 7) is 2.04. The van der Waals surface area contributed by atoms with Crippen molar-refractivity contribution in [3.8, 4) is 17.0 Å². The van der Waals surface area contributed by atoms with Gasteiger partial charge in [0.15, 0.2) is 0 Å². The highest BCUT2D eigenvalue weighted by atomic mass is 16.5. The summed E-state index contributed by atoms with van der Waals surface area (Å²) in [5.41, 5.74) is 5.26. The van der Waals surface area contributed by atoms with Crippen molar-refractivity contribution >= 4 is 5.91 Å². The standard InChI is InChI=1S/C19H17N3O2/c1-11-7-9-12(10-8-11)16-15-17(20-19(23)18(15)22-21-16)13-5-3-4-6-14(13)24-2/h3-10,17H,1-2H3,(H,20,23)(H,21,22). The van der Waals surface area contributed by atoms with Gasteiger partial charge in [0.1, 0.15) is 11.4 Å². The van der Waals surface area contributed by atoms with Crippen LogP contribution in [0, 0.1) is 6.92 Å². The Morgan fingerprint density at radius 1 is 1.08 bits per heavy atom. The molecule has 4 rings (SSSR count). The number of nitrogens with one attached hydrogen (secondary N) is 2. The van der Waals surface area contributed by atoms with Crippen molar-refractivity contribution in [1.82, 2.24) is 15.5 Å². The van der Waals surface area contributed by atoms with Gasteiger partial charge in [0.2, 0.25) is 0 Å². The van der Waals surface area contributed by atoms with Crippen LogP contribution in [0.25, 0.3) is 11.3 Å². The largest absolute Gasteiger partial charge is 0.496 e. The summed E-state index contributed by atoms with van der Waals surface area (Å²) >= 11 is 0. The molecule has 1 atom stereocenters. The van der Waals surface area contributed by atoms with Crippen LogP contribution in [0.15, 0.2) is 48.5 Å². The van der Waals surface area contributed by atoms with E-state index in [1.165, 1.54) is 5.56 Å². The molecule has 1 aromatic heterocycles. The van der Waals surface area contributed by atoms with Crippen LogP contribution in [0.4, 0.5) is 0 Å². The van der Waals surface area contributed by atoms with E-state index in [-0.39, 0.29) is 11.9 Å². The fourth-order valence-corrected chi connectivity index (χ4v) is 3.15. The Kier molecular flexibility index (Phi) is 3.34. The second-order valence-corrected chi connectivity index (χ2v) is 5.88. The summed E-state index contributed by atoms with van der Waals surface area (Å²) in [5.74, 6) is 0.596. The van der Waals surface area contributed by atoms with Gasteiger partial charge in [-0.25, -0.2) is 0 Å². The Balaban J connectivity index is 1.87. The van der Waals surface area contributed by atoms with Crippen LogP contribution >= 0.6 is 0 Å². The third-order valence-corrected chi connectivity index (χ3v) is 4.37. The summed E-state index contributed by atoms with van der Waals surface area (Å²) < 4.78 is 5.46. The number of carbonyl (C=O) groups excluding carboxylic acids is 1. The highest BCUT2D eigenvalue weighted by molar-refractivity contribution is 6.00. The van der Waals surface area contributed by atoms with Gasteiger partial charge in [0.05, 0.1) is 18.8 Å². The number of hydrogen-bond donors (Lipinski definition) is 2. The van der Waals surface area contributed by atoms with Gasteiger partial charge in [-0.3, -0.25) is 9.89 Å². The molecule has 5 heteroatoms. The lowest BCUT2D eigenvalue weighted by Crippen LogP contribution is -2.21. The number of aromatic nitrogens is 2. The van der Waals surface area contributed by atoms with Gasteiger partial charge in [0, 0.05) is 16.7 Å². The van der Waals surface area contributed by atoms with E-state index in [1.54, 1.807) is 7.11 Å². The average Bonchev–Trinajstić information content (AvgIpc) is 3.17. The van der Waals surface area contributed by atoms with Crippen LogP contribution in [0.2, 0.25) is 0 Å². The first-order valence-corrected chi connectivity index (χ1v) is 7.78. The molecule has 0 bridgehead atoms. The maximum absolute atomic E-state index is 12.3. The Morgan fingerprint density at radius 2 is 1.83 bits per heavy atom. The summed E-state index contributed by atoms with van der Waals surface area (Å²) in [5, 5.41) is 10.3. The number of benzene rings is 2. The third-order valence-electron chi connectivity index (χ3n) is 4.37. The predicted molar refractivity (Wildman–Crippen MR) is 91.1 cm³/mol. The number of nitrogens with zero attached hydrogens (tertiary/aromatic N) is 1. The second-order valence-electron chi connectivity index (χ2n) is 5.88. The molecule has 1 aliphatic rings. The van der Waals surface area contributed by atoms with Gasteiger partial charge < -0.3 is 10.1 Å². The molecule has 2 heterocycles. The zero-order valence-electron chi connectivity index (χ0n) is 13.5. The third kappa shape index (κ3) is 2.17. The van der Waals surface area contributed by atoms with Gasteiger partial charge in [-0.05, 0) is 13.0 Å². The summed E-state index contributed by atoms with van der Waals surface area (Å²) in [6.07, 6.45) is 0. The van der Waals surface area contributed by atoms with Crippen molar-refractivity contribution < 1.29 is 9.53 Å². The van der Waals surface area contributed by atoms with Gasteiger partial charge in [-0.2, -0.15) is 5.10 Å². The monoisotopic (exact) mass is 319 g/mol. The van der Waals surface area contributed by atoms with Crippen LogP contribution in [-0.4, -0.2) is 23.2 Å². The molecule has 0 spiro atoms. The van der Waals surface area contributed by atoms with E-state index in [9.17, 15) is 4.79 Å². The number of rotatable bonds is 3. The molecule has 0 radical (unpaired) electrons. The first-order chi connectivity index (χ1) is 11.7. The molecule has 120 valence electrons. The van der Waals surface area contributed by atoms with Gasteiger partial charge in [0.25, 0.3) is 5.91 Å². The molecule has 0 aliphatic carbocycles. The van der Waals surface area contributed by atoms with Crippen molar-refractivity contribution in [2.24, 2.45) is 0 Å². The van der Waals surface area contributed by atoms with Crippen LogP contribution in [0.3, 0.4) is 0 Å². The van der Waals surface area contributed by atoms with E-state index in [0.717, 1.165) is 28.1 Å². The summed E-state index contributed by atoms with van der Waals surface area (Å²) in [6, 6.07) is 15.6. The molecule has 1 aliphatic heterocycles. The number of methoxy groups -OCH3 is 1. The zero-order valence-corrected chi connectivity index (χ0v) is 13.5. The molecule has 0 saturated carbocycles. The number of fused-ring (bicyclic) bond motifs is 1. The second kappa shape index (κ2) is 5.53. The van der Waals surface area contributed by atoms with Crippen LogP contribution in [0.5, 0.6) is 5.75 Å².